The van der Waals surface area contributed by atoms with Crippen molar-refractivity contribution in [2.24, 2.45) is 5.73 Å². The Labute approximate surface area is 121 Å². The summed E-state index contributed by atoms with van der Waals surface area (Å²) in [6, 6.07) is 4.44. The lowest BCUT2D eigenvalue weighted by Gasteiger charge is -2.22. The predicted octanol–water partition coefficient (Wildman–Crippen LogP) is 3.55. The van der Waals surface area contributed by atoms with Crippen LogP contribution >= 0.6 is 12.2 Å². The summed E-state index contributed by atoms with van der Waals surface area (Å²) in [6.45, 7) is 1.98. The number of nitrogens with two attached hydrogens (primary N) is 1. The molecule has 1 aliphatic carbocycles. The van der Waals surface area contributed by atoms with E-state index in [4.69, 9.17) is 18.0 Å². The summed E-state index contributed by atoms with van der Waals surface area (Å²) in [5, 5.41) is 3.56. The van der Waals surface area contributed by atoms with Crippen molar-refractivity contribution in [1.29, 1.82) is 0 Å². The van der Waals surface area contributed by atoms with Gasteiger partial charge in [0.25, 0.3) is 0 Å². The molecule has 1 heterocycles. The minimum absolute atomic E-state index is 0.436. The van der Waals surface area contributed by atoms with Gasteiger partial charge in [-0.1, -0.05) is 44.3 Å². The molecule has 0 radical (unpaired) electrons. The highest BCUT2D eigenvalue weighted by Crippen LogP contribution is 2.20. The van der Waals surface area contributed by atoms with E-state index >= 15 is 0 Å². The normalized spacial score (nSPS) is 17.5. The van der Waals surface area contributed by atoms with E-state index in [-0.39, 0.29) is 0 Å². The van der Waals surface area contributed by atoms with Gasteiger partial charge in [-0.3, -0.25) is 0 Å². The van der Waals surface area contributed by atoms with Crippen molar-refractivity contribution in [2.45, 2.75) is 57.9 Å². The number of aromatic nitrogens is 1. The van der Waals surface area contributed by atoms with E-state index in [9.17, 15) is 0 Å². The van der Waals surface area contributed by atoms with Gasteiger partial charge in [0.1, 0.15) is 10.8 Å². The van der Waals surface area contributed by atoms with E-state index in [1.54, 1.807) is 0 Å². The standard InChI is InChI=1S/C15H23N3S/c1-11-9-12(15(16)19)10-14(17-11)18-13-7-5-3-2-4-6-8-13/h9-10,13H,2-8H2,1H3,(H2,16,19)(H,17,18). The Bertz CT molecular complexity index is 437. The highest BCUT2D eigenvalue weighted by atomic mass is 32.1. The molecule has 19 heavy (non-hydrogen) atoms. The molecule has 1 aromatic heterocycles. The van der Waals surface area contributed by atoms with Crippen LogP contribution in [0.3, 0.4) is 0 Å². The highest BCUT2D eigenvalue weighted by Gasteiger charge is 2.12. The molecule has 0 spiro atoms. The van der Waals surface area contributed by atoms with Gasteiger partial charge in [0.2, 0.25) is 0 Å². The number of rotatable bonds is 3. The molecule has 0 saturated heterocycles. The molecule has 0 unspecified atom stereocenters. The summed E-state index contributed by atoms with van der Waals surface area (Å²) in [5.74, 6) is 0.911. The van der Waals surface area contributed by atoms with E-state index in [1.807, 2.05) is 19.1 Å². The lowest BCUT2D eigenvalue weighted by molar-refractivity contribution is 0.470. The Kier molecular flexibility index (Phi) is 5.14. The van der Waals surface area contributed by atoms with Crippen LogP contribution in [0.5, 0.6) is 0 Å². The highest BCUT2D eigenvalue weighted by molar-refractivity contribution is 7.80. The van der Waals surface area contributed by atoms with Crippen molar-refractivity contribution in [3.63, 3.8) is 0 Å². The van der Waals surface area contributed by atoms with Crippen molar-refractivity contribution in [1.82, 2.24) is 4.98 Å². The van der Waals surface area contributed by atoms with Crippen molar-refractivity contribution in [2.75, 3.05) is 5.32 Å². The molecular formula is C15H23N3S. The van der Waals surface area contributed by atoms with Crippen LogP contribution in [0.15, 0.2) is 12.1 Å². The molecule has 4 heteroatoms. The van der Waals surface area contributed by atoms with Gasteiger partial charge < -0.3 is 11.1 Å². The number of hydrogen-bond donors (Lipinski definition) is 2. The van der Waals surface area contributed by atoms with Gasteiger partial charge in [-0.25, -0.2) is 4.98 Å². The molecule has 0 aliphatic heterocycles. The van der Waals surface area contributed by atoms with Crippen molar-refractivity contribution >= 4 is 23.0 Å². The molecule has 0 atom stereocenters. The first-order valence-corrected chi connectivity index (χ1v) is 7.61. The topological polar surface area (TPSA) is 50.9 Å². The molecule has 1 aromatic rings. The van der Waals surface area contributed by atoms with Crippen LogP contribution < -0.4 is 11.1 Å². The van der Waals surface area contributed by atoms with Crippen molar-refractivity contribution < 1.29 is 0 Å². The van der Waals surface area contributed by atoms with Gasteiger partial charge >= 0.3 is 0 Å². The fourth-order valence-corrected chi connectivity index (χ4v) is 2.81. The van der Waals surface area contributed by atoms with E-state index < -0.39 is 0 Å². The fourth-order valence-electron chi connectivity index (χ4n) is 2.69. The van der Waals surface area contributed by atoms with Crippen LogP contribution in [0.1, 0.15) is 56.2 Å². The van der Waals surface area contributed by atoms with E-state index in [1.165, 1.54) is 44.9 Å². The Hall–Kier alpha value is -1.16. The largest absolute Gasteiger partial charge is 0.389 e. The Morgan fingerprint density at radius 3 is 2.47 bits per heavy atom. The summed E-state index contributed by atoms with van der Waals surface area (Å²) in [7, 11) is 0. The van der Waals surface area contributed by atoms with E-state index in [0.717, 1.165) is 17.1 Å². The molecule has 1 saturated carbocycles. The molecular weight excluding hydrogens is 254 g/mol. The number of nitrogens with one attached hydrogen (secondary N) is 1. The third kappa shape index (κ3) is 4.46. The lowest BCUT2D eigenvalue weighted by atomic mass is 9.97. The van der Waals surface area contributed by atoms with Crippen molar-refractivity contribution in [3.8, 4) is 0 Å². The van der Waals surface area contributed by atoms with Gasteiger partial charge in [0, 0.05) is 17.3 Å². The molecule has 2 rings (SSSR count). The summed E-state index contributed by atoms with van der Waals surface area (Å²) in [6.07, 6.45) is 9.20. The molecule has 3 N–H and O–H groups in total. The summed E-state index contributed by atoms with van der Waals surface area (Å²) < 4.78 is 0. The second kappa shape index (κ2) is 6.85. The minimum Gasteiger partial charge on any atom is -0.389 e. The first kappa shape index (κ1) is 14.3. The first-order chi connectivity index (χ1) is 9.15. The number of aryl methyl sites for hydroxylation is 1. The van der Waals surface area contributed by atoms with Gasteiger partial charge in [-0.15, -0.1) is 0 Å². The van der Waals surface area contributed by atoms with Gasteiger partial charge in [0.05, 0.1) is 0 Å². The van der Waals surface area contributed by atoms with Crippen LogP contribution in [0.4, 0.5) is 5.82 Å². The lowest BCUT2D eigenvalue weighted by Crippen LogP contribution is -2.22. The number of nitrogens with zero attached hydrogens (tertiary/aromatic N) is 1. The predicted molar refractivity (Wildman–Crippen MR) is 84.6 cm³/mol. The molecule has 0 aromatic carbocycles. The first-order valence-electron chi connectivity index (χ1n) is 7.20. The van der Waals surface area contributed by atoms with Crippen LogP contribution in [-0.2, 0) is 0 Å². The maximum Gasteiger partial charge on any atom is 0.127 e. The number of hydrogen-bond acceptors (Lipinski definition) is 3. The van der Waals surface area contributed by atoms with Crippen molar-refractivity contribution in [3.05, 3.63) is 23.4 Å². The Morgan fingerprint density at radius 1 is 1.21 bits per heavy atom. The SMILES string of the molecule is Cc1cc(C(N)=S)cc(NC2CCCCCCC2)n1. The average Bonchev–Trinajstić information content (AvgIpc) is 2.31. The van der Waals surface area contributed by atoms with Crippen LogP contribution in [0.2, 0.25) is 0 Å². The molecule has 0 bridgehead atoms. The number of thiocarbonyl (C=S) groups is 1. The summed E-state index contributed by atoms with van der Waals surface area (Å²) >= 11 is 5.05. The van der Waals surface area contributed by atoms with Gasteiger partial charge in [0.15, 0.2) is 0 Å². The number of anilines is 1. The zero-order chi connectivity index (χ0) is 13.7. The monoisotopic (exact) mass is 277 g/mol. The van der Waals surface area contributed by atoms with Gasteiger partial charge in [-0.2, -0.15) is 0 Å². The maximum atomic E-state index is 5.71. The third-order valence-corrected chi connectivity index (χ3v) is 3.93. The average molecular weight is 277 g/mol. The molecule has 1 aliphatic rings. The second-order valence-corrected chi connectivity index (χ2v) is 5.87. The Balaban J connectivity index is 2.06. The third-order valence-electron chi connectivity index (χ3n) is 3.70. The Morgan fingerprint density at radius 2 is 1.84 bits per heavy atom. The fraction of sp³-hybridized carbons (Fsp3) is 0.600. The van der Waals surface area contributed by atoms with Crippen LogP contribution in [0, 0.1) is 6.92 Å². The van der Waals surface area contributed by atoms with Crippen LogP contribution in [-0.4, -0.2) is 16.0 Å². The quantitative estimate of drug-likeness (QED) is 0.830. The zero-order valence-electron chi connectivity index (χ0n) is 11.6. The van der Waals surface area contributed by atoms with E-state index in [0.29, 0.717) is 11.0 Å². The number of pyridine rings is 1. The maximum absolute atomic E-state index is 5.71. The summed E-state index contributed by atoms with van der Waals surface area (Å²) in [5.41, 5.74) is 7.56. The molecule has 3 nitrogen and oxygen atoms in total. The molecule has 104 valence electrons. The van der Waals surface area contributed by atoms with E-state index in [2.05, 4.69) is 10.3 Å². The molecule has 0 amide bonds. The van der Waals surface area contributed by atoms with Gasteiger partial charge in [-0.05, 0) is 31.9 Å². The zero-order valence-corrected chi connectivity index (χ0v) is 12.4. The van der Waals surface area contributed by atoms with Crippen LogP contribution in [0.25, 0.3) is 0 Å². The second-order valence-electron chi connectivity index (χ2n) is 5.43. The molecule has 1 fully saturated rings. The smallest absolute Gasteiger partial charge is 0.127 e. The minimum atomic E-state index is 0.436. The summed E-state index contributed by atoms with van der Waals surface area (Å²) in [4.78, 5) is 4.97.